The van der Waals surface area contributed by atoms with Gasteiger partial charge in [0.15, 0.2) is 5.78 Å². The van der Waals surface area contributed by atoms with Crippen LogP contribution < -0.4 is 20.7 Å². The predicted molar refractivity (Wildman–Crippen MR) is 211 cm³/mol. The van der Waals surface area contributed by atoms with Crippen molar-refractivity contribution in [3.8, 4) is 17.2 Å². The first-order chi connectivity index (χ1) is 25.3. The molecule has 0 aliphatic carbocycles. The lowest BCUT2D eigenvalue weighted by atomic mass is 9.92. The zero-order valence-corrected chi connectivity index (χ0v) is 31.2. The molecule has 5 rings (SSSR count). The molecule has 0 saturated heterocycles. The van der Waals surface area contributed by atoms with Crippen molar-refractivity contribution in [1.82, 2.24) is 20.1 Å². The first-order valence-corrected chi connectivity index (χ1v) is 17.0. The molecule has 286 valence electrons. The van der Waals surface area contributed by atoms with Crippen LogP contribution in [-0.2, 0) is 35.7 Å². The predicted octanol–water partition coefficient (Wildman–Crippen LogP) is 7.37. The summed E-state index contributed by atoms with van der Waals surface area (Å²) in [5, 5.41) is 14.4. The van der Waals surface area contributed by atoms with Crippen molar-refractivity contribution < 1.29 is 33.4 Å². The zero-order valence-electron chi connectivity index (χ0n) is 30.5. The molecule has 0 aliphatic heterocycles. The summed E-state index contributed by atoms with van der Waals surface area (Å²) in [6.45, 7) is 8.02. The fraction of sp³-hybridized carbons (Fsp3) is 0.300. The van der Waals surface area contributed by atoms with Gasteiger partial charge in [-0.05, 0) is 48.9 Å². The van der Waals surface area contributed by atoms with Gasteiger partial charge in [0, 0.05) is 48.7 Å². The number of hydrogen-bond donors (Lipinski definition) is 3. The van der Waals surface area contributed by atoms with E-state index in [1.54, 1.807) is 35.1 Å². The Balaban J connectivity index is 0.00000103. The van der Waals surface area contributed by atoms with Gasteiger partial charge in [0.25, 0.3) is 0 Å². The van der Waals surface area contributed by atoms with E-state index in [9.17, 15) is 19.2 Å². The molecule has 5 aromatic rings. The summed E-state index contributed by atoms with van der Waals surface area (Å²) >= 11 is 4.81. The Hall–Kier alpha value is -5.63. The van der Waals surface area contributed by atoms with Gasteiger partial charge in [-0.15, -0.1) is 0 Å². The van der Waals surface area contributed by atoms with Gasteiger partial charge >= 0.3 is 6.03 Å². The van der Waals surface area contributed by atoms with E-state index in [-0.39, 0.29) is 50.7 Å². The van der Waals surface area contributed by atoms with Crippen LogP contribution in [0.4, 0.5) is 16.3 Å². The fourth-order valence-corrected chi connectivity index (χ4v) is 5.07. The van der Waals surface area contributed by atoms with Crippen molar-refractivity contribution in [3.05, 3.63) is 102 Å². The number of methoxy groups -OCH3 is 2. The number of ketones is 1. The summed E-state index contributed by atoms with van der Waals surface area (Å²) in [5.41, 5.74) is 3.70. The number of nitrogens with one attached hydrogen (secondary N) is 3. The molecule has 0 atom stereocenters. The van der Waals surface area contributed by atoms with Gasteiger partial charge in [0.2, 0.25) is 11.1 Å². The highest BCUT2D eigenvalue weighted by Crippen LogP contribution is 2.35. The van der Waals surface area contributed by atoms with Crippen molar-refractivity contribution in [2.24, 2.45) is 0 Å². The molecule has 0 bridgehead atoms. The van der Waals surface area contributed by atoms with Gasteiger partial charge in [-0.25, -0.2) is 9.48 Å². The van der Waals surface area contributed by atoms with Gasteiger partial charge in [0.1, 0.15) is 30.5 Å². The van der Waals surface area contributed by atoms with Gasteiger partial charge in [-0.1, -0.05) is 70.2 Å². The molecule has 0 saturated carbocycles. The Morgan fingerprint density at radius 3 is 2.17 bits per heavy atom. The average molecular weight is 759 g/mol. The number of amides is 3. The standard InChI is InChI=1S/C36H38N6O5.C3H5ClO2.CH4/c1-23-10-12-25(13-11-23)42-33(20-32(41-42)36(2,3)4)40-35(45)39-30-14-15-31(29-9-7-6-8-28(29)30)47-27-16-17-37-24(19-27)18-26(43)21-38-34(44)22-46-5;1-6-2-3(4)5;/h6-17,19-20H,18,21-22H2,1-5H3,(H,38,44)(H2,39,40,45);2H2,1H3;1H4. The minimum atomic E-state index is -0.461. The molecule has 0 radical (unpaired) electrons. The molecule has 0 aliphatic rings. The third-order valence-corrected chi connectivity index (χ3v) is 7.65. The lowest BCUT2D eigenvalue weighted by Gasteiger charge is -2.14. The Kier molecular flexibility index (Phi) is 15.8. The van der Waals surface area contributed by atoms with Gasteiger partial charge in [-0.2, -0.15) is 5.10 Å². The summed E-state index contributed by atoms with van der Waals surface area (Å²) in [7, 11) is 2.83. The van der Waals surface area contributed by atoms with Crippen molar-refractivity contribution in [2.45, 2.75) is 47.0 Å². The van der Waals surface area contributed by atoms with Crippen LogP contribution in [0.15, 0.2) is 85.1 Å². The number of halogens is 1. The molecular weight excluding hydrogens is 712 g/mol. The minimum absolute atomic E-state index is 0. The third kappa shape index (κ3) is 12.5. The van der Waals surface area contributed by atoms with Crippen molar-refractivity contribution >= 4 is 56.8 Å². The van der Waals surface area contributed by atoms with E-state index in [1.165, 1.54) is 14.2 Å². The number of benzene rings is 3. The summed E-state index contributed by atoms with van der Waals surface area (Å²) in [6, 6.07) is 24.0. The summed E-state index contributed by atoms with van der Waals surface area (Å²) in [5.74, 6) is 1.04. The second-order valence-corrected chi connectivity index (χ2v) is 13.4. The maximum Gasteiger partial charge on any atom is 0.324 e. The van der Waals surface area contributed by atoms with Crippen molar-refractivity contribution in [2.75, 3.05) is 44.6 Å². The molecule has 0 fully saturated rings. The second-order valence-electron chi connectivity index (χ2n) is 12.9. The van der Waals surface area contributed by atoms with Gasteiger partial charge in [0.05, 0.1) is 35.7 Å². The molecule has 2 aromatic heterocycles. The first-order valence-electron chi connectivity index (χ1n) is 16.6. The van der Waals surface area contributed by atoms with E-state index in [0.29, 0.717) is 28.7 Å². The topological polar surface area (TPSA) is 163 Å². The molecule has 13 nitrogen and oxygen atoms in total. The molecule has 3 amide bonds. The Labute approximate surface area is 320 Å². The van der Waals surface area contributed by atoms with E-state index in [2.05, 4.69) is 46.4 Å². The first kappa shape index (κ1) is 42.8. The number of carbonyl (C=O) groups excluding carboxylic acids is 4. The number of Topliss-reactive ketones (excluding diaryl/α,β-unsaturated/α-hetero) is 1. The maximum absolute atomic E-state index is 13.4. The van der Waals surface area contributed by atoms with Crippen LogP contribution in [0.25, 0.3) is 16.5 Å². The van der Waals surface area contributed by atoms with Crippen LogP contribution in [0.3, 0.4) is 0 Å². The van der Waals surface area contributed by atoms with E-state index < -0.39 is 11.3 Å². The lowest BCUT2D eigenvalue weighted by molar-refractivity contribution is -0.127. The summed E-state index contributed by atoms with van der Waals surface area (Å²) in [6.07, 6.45) is 1.60. The highest BCUT2D eigenvalue weighted by atomic mass is 35.5. The van der Waals surface area contributed by atoms with Gasteiger partial charge < -0.3 is 24.8 Å². The number of aromatic nitrogens is 3. The second kappa shape index (κ2) is 20.0. The summed E-state index contributed by atoms with van der Waals surface area (Å²) < 4.78 is 17.1. The number of fused-ring (bicyclic) bond motifs is 1. The maximum atomic E-state index is 13.4. The van der Waals surface area contributed by atoms with E-state index in [0.717, 1.165) is 27.7 Å². The molecule has 2 heterocycles. The smallest absolute Gasteiger partial charge is 0.324 e. The van der Waals surface area contributed by atoms with Crippen molar-refractivity contribution in [1.29, 1.82) is 0 Å². The molecule has 0 unspecified atom stereocenters. The van der Waals surface area contributed by atoms with Crippen LogP contribution in [0.5, 0.6) is 11.5 Å². The molecule has 3 aromatic carbocycles. The number of urea groups is 1. The highest BCUT2D eigenvalue weighted by molar-refractivity contribution is 6.63. The Morgan fingerprint density at radius 2 is 1.54 bits per heavy atom. The number of hydrogen-bond acceptors (Lipinski definition) is 9. The van der Waals surface area contributed by atoms with Crippen molar-refractivity contribution in [3.63, 3.8) is 0 Å². The highest BCUT2D eigenvalue weighted by Gasteiger charge is 2.22. The number of carbonyl (C=O) groups is 4. The largest absolute Gasteiger partial charge is 0.457 e. The monoisotopic (exact) mass is 758 g/mol. The fourth-order valence-electron chi connectivity index (χ4n) is 4.96. The summed E-state index contributed by atoms with van der Waals surface area (Å²) in [4.78, 5) is 51.3. The number of pyridine rings is 1. The minimum Gasteiger partial charge on any atom is -0.457 e. The van der Waals surface area contributed by atoms with Crippen LogP contribution >= 0.6 is 11.6 Å². The number of nitrogens with zero attached hydrogens (tertiary/aromatic N) is 3. The van der Waals surface area contributed by atoms with E-state index in [4.69, 9.17) is 26.2 Å². The number of anilines is 2. The van der Waals surface area contributed by atoms with E-state index in [1.807, 2.05) is 61.5 Å². The Bertz CT molecular complexity index is 2060. The number of rotatable bonds is 13. The van der Waals surface area contributed by atoms with E-state index >= 15 is 0 Å². The normalized spacial score (nSPS) is 10.7. The average Bonchev–Trinajstić information content (AvgIpc) is 3.53. The molecular formula is C40H47ClN6O7. The third-order valence-electron chi connectivity index (χ3n) is 7.54. The van der Waals surface area contributed by atoms with Crippen LogP contribution in [0.2, 0.25) is 0 Å². The van der Waals surface area contributed by atoms with Crippen LogP contribution in [0.1, 0.15) is 45.1 Å². The molecule has 14 heteroatoms. The Morgan fingerprint density at radius 1 is 0.852 bits per heavy atom. The van der Waals surface area contributed by atoms with Gasteiger partial charge in [-0.3, -0.25) is 24.7 Å². The zero-order chi connectivity index (χ0) is 38.5. The van der Waals surface area contributed by atoms with Crippen LogP contribution in [-0.4, -0.2) is 71.7 Å². The molecule has 3 N–H and O–H groups in total. The number of ether oxygens (including phenoxy) is 3. The molecule has 0 spiro atoms. The quantitative estimate of drug-likeness (QED) is 0.104. The lowest BCUT2D eigenvalue weighted by Crippen LogP contribution is -2.32. The number of aryl methyl sites for hydroxylation is 1. The SMILES string of the molecule is C.COCC(=O)Cl.COCC(=O)NCC(=O)Cc1cc(Oc2ccc(NC(=O)Nc3cc(C(C)(C)C)nn3-c3ccc(C)cc3)c3ccccc23)ccn1. The molecule has 54 heavy (non-hydrogen) atoms. The van der Waals surface area contributed by atoms with Crippen LogP contribution in [0, 0.1) is 6.92 Å².